The minimum atomic E-state index is -0.882. The number of ether oxygens (including phenoxy) is 2. The van der Waals surface area contributed by atoms with E-state index in [2.05, 4.69) is 5.32 Å². The van der Waals surface area contributed by atoms with Crippen LogP contribution in [0, 0.1) is 5.92 Å². The van der Waals surface area contributed by atoms with Crippen molar-refractivity contribution in [1.82, 2.24) is 15.1 Å². The number of nitrogens with zero attached hydrogens (tertiary/aromatic N) is 2. The highest BCUT2D eigenvalue weighted by atomic mass is 32.1. The number of nitrogens with one attached hydrogen (secondary N) is 1. The second-order valence-corrected chi connectivity index (χ2v) is 10.4. The molecule has 1 atom stereocenters. The number of piperidine rings is 1. The van der Waals surface area contributed by atoms with E-state index in [1.54, 1.807) is 29.5 Å². The third kappa shape index (κ3) is 4.49. The van der Waals surface area contributed by atoms with Gasteiger partial charge in [0.05, 0.1) is 0 Å². The van der Waals surface area contributed by atoms with Crippen molar-refractivity contribution in [2.75, 3.05) is 32.8 Å². The molecule has 3 aliphatic heterocycles. The molecule has 186 valence electrons. The zero-order valence-corrected chi connectivity index (χ0v) is 20.8. The molecule has 2 saturated heterocycles. The van der Waals surface area contributed by atoms with Crippen LogP contribution < -0.4 is 14.8 Å². The van der Waals surface area contributed by atoms with Crippen molar-refractivity contribution in [3.63, 3.8) is 0 Å². The first-order chi connectivity index (χ1) is 17.0. The first-order valence-electron chi connectivity index (χ1n) is 12.4. The van der Waals surface area contributed by atoms with Gasteiger partial charge in [-0.2, -0.15) is 0 Å². The fraction of sp³-hybridized carbons (Fsp3) is 0.500. The van der Waals surface area contributed by atoms with Gasteiger partial charge in [0.2, 0.25) is 0 Å². The standard InChI is InChI=1S/C26H31N3O5S/c1-2-10-26(24(31)29(25(32)27-26)13-9-20-4-3-16-35-20)19-7-11-28(12-8-19)23(30)18-5-6-21-22(17-18)34-15-14-33-21/h3-6,16-17,19H,2,7-15H2,1H3,(H,27,32)/t26-/m0/s1. The Balaban J connectivity index is 1.25. The molecule has 4 heterocycles. The minimum absolute atomic E-state index is 0.00467. The van der Waals surface area contributed by atoms with Gasteiger partial charge in [0, 0.05) is 30.1 Å². The molecule has 0 spiro atoms. The largest absolute Gasteiger partial charge is 0.486 e. The quantitative estimate of drug-likeness (QED) is 0.590. The number of imide groups is 1. The number of likely N-dealkylation sites (tertiary alicyclic amines) is 1. The van der Waals surface area contributed by atoms with Crippen molar-refractivity contribution in [3.05, 3.63) is 46.2 Å². The zero-order chi connectivity index (χ0) is 24.4. The summed E-state index contributed by atoms with van der Waals surface area (Å²) in [4.78, 5) is 44.0. The van der Waals surface area contributed by atoms with E-state index < -0.39 is 5.54 Å². The Morgan fingerprint density at radius 1 is 1.14 bits per heavy atom. The van der Waals surface area contributed by atoms with E-state index in [1.807, 2.05) is 29.3 Å². The number of rotatable bonds is 7. The van der Waals surface area contributed by atoms with Crippen LogP contribution in [0.15, 0.2) is 35.7 Å². The number of carbonyl (C=O) groups is 3. The molecule has 4 amide bonds. The molecule has 9 heteroatoms. The molecule has 35 heavy (non-hydrogen) atoms. The first kappa shape index (κ1) is 23.7. The lowest BCUT2D eigenvalue weighted by Gasteiger charge is -2.41. The normalized spacial score (nSPS) is 22.4. The fourth-order valence-electron chi connectivity index (χ4n) is 5.50. The Bertz CT molecular complexity index is 1100. The lowest BCUT2D eigenvalue weighted by molar-refractivity contribution is -0.134. The van der Waals surface area contributed by atoms with Gasteiger partial charge >= 0.3 is 6.03 Å². The second kappa shape index (κ2) is 9.89. The molecule has 5 rings (SSSR count). The minimum Gasteiger partial charge on any atom is -0.486 e. The van der Waals surface area contributed by atoms with E-state index >= 15 is 0 Å². The van der Waals surface area contributed by atoms with Gasteiger partial charge in [-0.15, -0.1) is 11.3 Å². The Hall–Kier alpha value is -3.07. The van der Waals surface area contributed by atoms with Gasteiger partial charge in [0.1, 0.15) is 18.8 Å². The van der Waals surface area contributed by atoms with Crippen LogP contribution in [0.2, 0.25) is 0 Å². The van der Waals surface area contributed by atoms with Gasteiger partial charge in [-0.05, 0) is 61.2 Å². The van der Waals surface area contributed by atoms with Crippen LogP contribution in [-0.4, -0.2) is 66.0 Å². The summed E-state index contributed by atoms with van der Waals surface area (Å²) in [6.07, 6.45) is 3.40. The maximum absolute atomic E-state index is 13.6. The summed E-state index contributed by atoms with van der Waals surface area (Å²) in [7, 11) is 0. The van der Waals surface area contributed by atoms with Gasteiger partial charge in [-0.1, -0.05) is 19.4 Å². The molecular formula is C26H31N3O5S. The number of benzene rings is 1. The monoisotopic (exact) mass is 497 g/mol. The average Bonchev–Trinajstić information content (AvgIpc) is 3.49. The Kier molecular flexibility index (Phi) is 6.69. The van der Waals surface area contributed by atoms with Crippen LogP contribution in [-0.2, 0) is 11.2 Å². The average molecular weight is 498 g/mol. The van der Waals surface area contributed by atoms with Crippen molar-refractivity contribution < 1.29 is 23.9 Å². The highest BCUT2D eigenvalue weighted by Crippen LogP contribution is 2.38. The summed E-state index contributed by atoms with van der Waals surface area (Å²) >= 11 is 1.63. The number of thiophene rings is 1. The summed E-state index contributed by atoms with van der Waals surface area (Å²) < 4.78 is 11.2. The molecule has 0 unspecified atom stereocenters. The van der Waals surface area contributed by atoms with Gasteiger partial charge in [0.15, 0.2) is 11.5 Å². The maximum atomic E-state index is 13.6. The summed E-state index contributed by atoms with van der Waals surface area (Å²) in [5.41, 5.74) is -0.311. The number of urea groups is 1. The van der Waals surface area contributed by atoms with E-state index in [0.29, 0.717) is 75.6 Å². The van der Waals surface area contributed by atoms with Gasteiger partial charge in [-0.3, -0.25) is 14.5 Å². The molecule has 0 aliphatic carbocycles. The molecule has 1 aromatic heterocycles. The molecule has 0 saturated carbocycles. The van der Waals surface area contributed by atoms with Crippen molar-refractivity contribution in [1.29, 1.82) is 0 Å². The van der Waals surface area contributed by atoms with Crippen LogP contribution in [0.4, 0.5) is 4.79 Å². The molecule has 0 bridgehead atoms. The highest BCUT2D eigenvalue weighted by molar-refractivity contribution is 7.09. The van der Waals surface area contributed by atoms with Gasteiger partial charge in [0.25, 0.3) is 11.8 Å². The van der Waals surface area contributed by atoms with Crippen molar-refractivity contribution >= 4 is 29.2 Å². The third-order valence-electron chi connectivity index (χ3n) is 7.28. The van der Waals surface area contributed by atoms with E-state index in [-0.39, 0.29) is 23.8 Å². The highest BCUT2D eigenvalue weighted by Gasteiger charge is 2.55. The lowest BCUT2D eigenvalue weighted by atomic mass is 9.74. The van der Waals surface area contributed by atoms with Crippen molar-refractivity contribution in [3.8, 4) is 11.5 Å². The summed E-state index contributed by atoms with van der Waals surface area (Å²) in [5, 5.41) is 5.09. The molecule has 0 radical (unpaired) electrons. The lowest BCUT2D eigenvalue weighted by Crippen LogP contribution is -2.56. The van der Waals surface area contributed by atoms with E-state index in [9.17, 15) is 14.4 Å². The number of hydrogen-bond acceptors (Lipinski definition) is 6. The number of carbonyl (C=O) groups excluding carboxylic acids is 3. The molecule has 2 fully saturated rings. The second-order valence-electron chi connectivity index (χ2n) is 9.36. The Morgan fingerprint density at radius 2 is 1.91 bits per heavy atom. The molecular weight excluding hydrogens is 466 g/mol. The van der Waals surface area contributed by atoms with Crippen molar-refractivity contribution in [2.45, 2.75) is 44.6 Å². The van der Waals surface area contributed by atoms with Gasteiger partial charge < -0.3 is 19.7 Å². The topological polar surface area (TPSA) is 88.2 Å². The van der Waals surface area contributed by atoms with Crippen molar-refractivity contribution in [2.24, 2.45) is 5.92 Å². The van der Waals surface area contributed by atoms with Crippen LogP contribution >= 0.6 is 11.3 Å². The fourth-order valence-corrected chi connectivity index (χ4v) is 6.20. The Morgan fingerprint density at radius 3 is 2.63 bits per heavy atom. The molecule has 1 aromatic carbocycles. The van der Waals surface area contributed by atoms with Crippen LogP contribution in [0.25, 0.3) is 0 Å². The molecule has 1 N–H and O–H groups in total. The summed E-state index contributed by atoms with van der Waals surface area (Å²) in [5.74, 6) is 1.09. The zero-order valence-electron chi connectivity index (χ0n) is 20.0. The molecule has 8 nitrogen and oxygen atoms in total. The SMILES string of the molecule is CCC[C@@]1(C2CCN(C(=O)c3ccc4c(c3)OCCO4)CC2)NC(=O)N(CCc2cccs2)C1=O. The van der Waals surface area contributed by atoms with E-state index in [0.717, 1.165) is 11.3 Å². The van der Waals surface area contributed by atoms with Crippen LogP contribution in [0.1, 0.15) is 47.8 Å². The smallest absolute Gasteiger partial charge is 0.325 e. The predicted molar refractivity (Wildman–Crippen MR) is 132 cm³/mol. The number of fused-ring (bicyclic) bond motifs is 1. The number of hydrogen-bond donors (Lipinski definition) is 1. The summed E-state index contributed by atoms with van der Waals surface area (Å²) in [6, 6.07) is 9.00. The van der Waals surface area contributed by atoms with Gasteiger partial charge in [-0.25, -0.2) is 4.79 Å². The van der Waals surface area contributed by atoms with Crippen LogP contribution in [0.3, 0.4) is 0 Å². The van der Waals surface area contributed by atoms with E-state index in [4.69, 9.17) is 9.47 Å². The van der Waals surface area contributed by atoms with E-state index in [1.165, 1.54) is 4.90 Å². The Labute approximate surface area is 209 Å². The summed E-state index contributed by atoms with van der Waals surface area (Å²) in [6.45, 7) is 4.49. The third-order valence-corrected chi connectivity index (χ3v) is 8.21. The number of amides is 4. The van der Waals surface area contributed by atoms with Crippen LogP contribution in [0.5, 0.6) is 11.5 Å². The maximum Gasteiger partial charge on any atom is 0.325 e. The first-order valence-corrected chi connectivity index (χ1v) is 13.2. The predicted octanol–water partition coefficient (Wildman–Crippen LogP) is 3.70. The molecule has 2 aromatic rings. The molecule has 3 aliphatic rings.